The maximum Gasteiger partial charge on any atom is 0.406 e. The van der Waals surface area contributed by atoms with E-state index < -0.39 is 24.2 Å². The molecule has 0 aliphatic rings. The lowest BCUT2D eigenvalue weighted by Crippen LogP contribution is -2.26. The van der Waals surface area contributed by atoms with Crippen LogP contribution in [0, 0.1) is 5.82 Å². The number of hydrogen-bond acceptors (Lipinski definition) is 6. The zero-order valence-electron chi connectivity index (χ0n) is 16.6. The molecule has 0 atom stereocenters. The second kappa shape index (κ2) is 7.39. The molecule has 1 aromatic carbocycles. The molecule has 0 unspecified atom stereocenters. The summed E-state index contributed by atoms with van der Waals surface area (Å²) in [6.07, 6.45) is -3.10. The van der Waals surface area contributed by atoms with E-state index in [1.165, 1.54) is 10.7 Å². The fourth-order valence-corrected chi connectivity index (χ4v) is 3.60. The van der Waals surface area contributed by atoms with Crippen LogP contribution in [0.5, 0.6) is 0 Å². The molecule has 33 heavy (non-hydrogen) atoms. The first-order valence-electron chi connectivity index (χ1n) is 9.59. The third-order valence-electron chi connectivity index (χ3n) is 4.99. The van der Waals surface area contributed by atoms with Gasteiger partial charge in [-0.2, -0.15) is 18.3 Å². The zero-order valence-corrected chi connectivity index (χ0v) is 16.6. The Bertz CT molecular complexity index is 1570. The van der Waals surface area contributed by atoms with Gasteiger partial charge in [-0.1, -0.05) is 18.2 Å². The van der Waals surface area contributed by atoms with Crippen molar-refractivity contribution in [2.24, 2.45) is 0 Å². The SMILES string of the molecule is Nc1nc(-c2nn(Cc3ccccc3F)c3ncccc23)nc2[nH]c(=O)n(CC(F)(F)F)c12. The van der Waals surface area contributed by atoms with E-state index in [0.29, 0.717) is 21.2 Å². The molecule has 5 aromatic rings. The van der Waals surface area contributed by atoms with Crippen LogP contribution in [0.3, 0.4) is 0 Å². The first-order chi connectivity index (χ1) is 15.7. The van der Waals surface area contributed by atoms with Gasteiger partial charge in [-0.25, -0.2) is 28.8 Å². The van der Waals surface area contributed by atoms with Crippen LogP contribution in [0.2, 0.25) is 0 Å². The van der Waals surface area contributed by atoms with Gasteiger partial charge in [0, 0.05) is 11.8 Å². The van der Waals surface area contributed by atoms with Crippen molar-refractivity contribution in [2.45, 2.75) is 19.3 Å². The number of hydrogen-bond donors (Lipinski definition) is 2. The van der Waals surface area contributed by atoms with Crippen molar-refractivity contribution in [2.75, 3.05) is 5.73 Å². The number of aromatic amines is 1. The Hall–Kier alpha value is -4.29. The molecule has 4 heterocycles. The quantitative estimate of drug-likeness (QED) is 0.400. The van der Waals surface area contributed by atoms with Gasteiger partial charge in [0.05, 0.1) is 11.9 Å². The summed E-state index contributed by atoms with van der Waals surface area (Å²) >= 11 is 0. The summed E-state index contributed by atoms with van der Waals surface area (Å²) in [5, 5.41) is 4.98. The van der Waals surface area contributed by atoms with E-state index in [2.05, 4.69) is 25.0 Å². The van der Waals surface area contributed by atoms with Gasteiger partial charge in [-0.15, -0.1) is 0 Å². The fourth-order valence-electron chi connectivity index (χ4n) is 3.60. The highest BCUT2D eigenvalue weighted by atomic mass is 19.4. The number of alkyl halides is 3. The van der Waals surface area contributed by atoms with Gasteiger partial charge >= 0.3 is 11.9 Å². The number of aromatic nitrogens is 7. The smallest absolute Gasteiger partial charge is 0.382 e. The van der Waals surface area contributed by atoms with E-state index >= 15 is 0 Å². The predicted molar refractivity (Wildman–Crippen MR) is 111 cm³/mol. The molecular formula is C20H14F4N8O. The van der Waals surface area contributed by atoms with Crippen LogP contribution in [-0.2, 0) is 13.1 Å². The number of nitrogen functional groups attached to an aromatic ring is 1. The highest BCUT2D eigenvalue weighted by Crippen LogP contribution is 2.28. The number of pyridine rings is 1. The van der Waals surface area contributed by atoms with Crippen molar-refractivity contribution in [3.63, 3.8) is 0 Å². The summed E-state index contributed by atoms with van der Waals surface area (Å²) in [7, 11) is 0. The number of halogens is 4. The van der Waals surface area contributed by atoms with Gasteiger partial charge in [-0.05, 0) is 18.2 Å². The second-order valence-electron chi connectivity index (χ2n) is 7.23. The summed E-state index contributed by atoms with van der Waals surface area (Å²) in [5.74, 6) is -0.756. The van der Waals surface area contributed by atoms with Crippen molar-refractivity contribution in [3.8, 4) is 11.5 Å². The number of nitrogens with one attached hydrogen (secondary N) is 1. The Balaban J connectivity index is 1.66. The first-order valence-corrected chi connectivity index (χ1v) is 9.59. The molecule has 0 radical (unpaired) electrons. The fraction of sp³-hybridized carbons (Fsp3) is 0.150. The summed E-state index contributed by atoms with van der Waals surface area (Å²) in [4.78, 5) is 27.0. The number of H-pyrrole nitrogens is 1. The normalized spacial score (nSPS) is 12.1. The Morgan fingerprint density at radius 2 is 1.88 bits per heavy atom. The molecule has 0 amide bonds. The number of fused-ring (bicyclic) bond motifs is 2. The molecule has 0 saturated heterocycles. The van der Waals surface area contributed by atoms with Crippen LogP contribution in [0.4, 0.5) is 23.4 Å². The largest absolute Gasteiger partial charge is 0.406 e. The monoisotopic (exact) mass is 458 g/mol. The van der Waals surface area contributed by atoms with Gasteiger partial charge in [0.15, 0.2) is 22.9 Å². The van der Waals surface area contributed by atoms with Crippen molar-refractivity contribution < 1.29 is 17.6 Å². The third kappa shape index (κ3) is 3.66. The minimum absolute atomic E-state index is 0.0225. The van der Waals surface area contributed by atoms with Crippen molar-refractivity contribution in [1.29, 1.82) is 0 Å². The van der Waals surface area contributed by atoms with Crippen molar-refractivity contribution >= 4 is 28.0 Å². The minimum atomic E-state index is -4.64. The van der Waals surface area contributed by atoms with Crippen LogP contribution in [0.1, 0.15) is 5.56 Å². The molecule has 0 fully saturated rings. The number of imidazole rings is 1. The second-order valence-corrected chi connectivity index (χ2v) is 7.23. The van der Waals surface area contributed by atoms with Crippen LogP contribution >= 0.6 is 0 Å². The van der Waals surface area contributed by atoms with E-state index in [9.17, 15) is 22.4 Å². The first kappa shape index (κ1) is 20.6. The highest BCUT2D eigenvalue weighted by Gasteiger charge is 2.31. The van der Waals surface area contributed by atoms with E-state index in [1.807, 2.05) is 0 Å². The molecular weight excluding hydrogens is 444 g/mol. The van der Waals surface area contributed by atoms with Gasteiger partial charge in [0.2, 0.25) is 0 Å². The van der Waals surface area contributed by atoms with Gasteiger partial charge in [0.25, 0.3) is 0 Å². The lowest BCUT2D eigenvalue weighted by atomic mass is 10.2. The maximum absolute atomic E-state index is 14.2. The summed E-state index contributed by atoms with van der Waals surface area (Å²) in [6, 6.07) is 9.56. The molecule has 13 heteroatoms. The van der Waals surface area contributed by atoms with Crippen molar-refractivity contribution in [3.05, 3.63) is 64.5 Å². The van der Waals surface area contributed by atoms with E-state index in [0.717, 1.165) is 0 Å². The Morgan fingerprint density at radius 1 is 1.09 bits per heavy atom. The standard InChI is InChI=1S/C20H14F4N8O/c21-12-6-2-1-4-10(12)8-32-18-11(5-3-7-26-18)13(30-32)16-27-15(25)14-17(28-16)29-19(33)31(14)9-20(22,23)24/h1-7H,8-9H2,(H3,25,27,28,29,33). The van der Waals surface area contributed by atoms with E-state index in [1.54, 1.807) is 36.5 Å². The molecule has 0 saturated carbocycles. The molecule has 5 rings (SSSR count). The van der Waals surface area contributed by atoms with Gasteiger partial charge in [-0.3, -0.25) is 9.55 Å². The molecule has 4 aromatic heterocycles. The Labute approximate surface area is 181 Å². The van der Waals surface area contributed by atoms with Crippen LogP contribution in [-0.4, -0.2) is 40.5 Å². The minimum Gasteiger partial charge on any atom is -0.382 e. The van der Waals surface area contributed by atoms with Crippen LogP contribution < -0.4 is 11.4 Å². The average molecular weight is 458 g/mol. The summed E-state index contributed by atoms with van der Waals surface area (Å²) < 4.78 is 54.7. The van der Waals surface area contributed by atoms with Gasteiger partial charge < -0.3 is 5.73 Å². The van der Waals surface area contributed by atoms with Crippen LogP contribution in [0.15, 0.2) is 47.4 Å². The van der Waals surface area contributed by atoms with Gasteiger partial charge in [0.1, 0.15) is 23.6 Å². The molecule has 168 valence electrons. The lowest BCUT2D eigenvalue weighted by Gasteiger charge is -2.08. The third-order valence-corrected chi connectivity index (χ3v) is 4.99. The number of rotatable bonds is 4. The number of benzene rings is 1. The average Bonchev–Trinajstić information content (AvgIpc) is 3.26. The lowest BCUT2D eigenvalue weighted by molar-refractivity contribution is -0.140. The van der Waals surface area contributed by atoms with E-state index in [-0.39, 0.29) is 35.0 Å². The summed E-state index contributed by atoms with van der Waals surface area (Å²) in [5.41, 5.74) is 5.52. The zero-order chi connectivity index (χ0) is 23.3. The Kier molecular flexibility index (Phi) is 4.62. The maximum atomic E-state index is 14.2. The molecule has 0 aliphatic heterocycles. The topological polar surface area (TPSA) is 120 Å². The molecule has 0 bridgehead atoms. The molecule has 0 aliphatic carbocycles. The molecule has 0 spiro atoms. The number of nitrogens with two attached hydrogens (primary N) is 1. The number of anilines is 1. The van der Waals surface area contributed by atoms with E-state index in [4.69, 9.17) is 5.73 Å². The van der Waals surface area contributed by atoms with Crippen molar-refractivity contribution in [1.82, 2.24) is 34.3 Å². The predicted octanol–water partition coefficient (Wildman–Crippen LogP) is 2.86. The molecule has 9 nitrogen and oxygen atoms in total. The van der Waals surface area contributed by atoms with Crippen LogP contribution in [0.25, 0.3) is 33.7 Å². The number of nitrogens with zero attached hydrogens (tertiary/aromatic N) is 6. The molecule has 3 N–H and O–H groups in total. The highest BCUT2D eigenvalue weighted by molar-refractivity contribution is 5.91. The summed E-state index contributed by atoms with van der Waals surface area (Å²) in [6.45, 7) is -1.47. The Morgan fingerprint density at radius 3 is 2.64 bits per heavy atom.